The molecule has 1 aliphatic rings. The third kappa shape index (κ3) is 2.94. The fraction of sp³-hybridized carbons (Fsp3) is 0.600. The fourth-order valence-electron chi connectivity index (χ4n) is 2.83. The first kappa shape index (κ1) is 14.0. The summed E-state index contributed by atoms with van der Waals surface area (Å²) in [6, 6.07) is 3.44. The van der Waals surface area contributed by atoms with Crippen LogP contribution in [-0.4, -0.2) is 20.2 Å². The summed E-state index contributed by atoms with van der Waals surface area (Å²) in [6.45, 7) is 2.28. The number of rotatable bonds is 3. The molecular weight excluding hydrogens is 243 g/mol. The van der Waals surface area contributed by atoms with Crippen LogP contribution in [0.5, 0.6) is 5.75 Å². The van der Waals surface area contributed by atoms with Gasteiger partial charge in [0.1, 0.15) is 11.6 Å². The number of nitrogen functional groups attached to an aromatic ring is 1. The Labute approximate surface area is 114 Å². The van der Waals surface area contributed by atoms with Crippen LogP contribution >= 0.6 is 0 Å². The van der Waals surface area contributed by atoms with Gasteiger partial charge >= 0.3 is 0 Å². The number of hydrogen-bond donors (Lipinski definition) is 1. The minimum atomic E-state index is -0.278. The van der Waals surface area contributed by atoms with Crippen LogP contribution in [0.2, 0.25) is 0 Å². The maximum Gasteiger partial charge on any atom is 0.148 e. The highest BCUT2D eigenvalue weighted by Gasteiger charge is 2.24. The van der Waals surface area contributed by atoms with Gasteiger partial charge in [-0.25, -0.2) is 4.39 Å². The van der Waals surface area contributed by atoms with Crippen molar-refractivity contribution in [3.8, 4) is 5.75 Å². The first-order valence-electron chi connectivity index (χ1n) is 6.88. The second kappa shape index (κ2) is 5.68. The quantitative estimate of drug-likeness (QED) is 0.852. The molecule has 0 spiro atoms. The van der Waals surface area contributed by atoms with E-state index in [1.807, 2.05) is 11.9 Å². The van der Waals surface area contributed by atoms with Gasteiger partial charge in [0.25, 0.3) is 0 Å². The molecule has 0 saturated heterocycles. The van der Waals surface area contributed by atoms with E-state index >= 15 is 0 Å². The molecule has 2 rings (SSSR count). The molecule has 2 N–H and O–H groups in total. The van der Waals surface area contributed by atoms with Crippen LogP contribution in [0.4, 0.5) is 15.8 Å². The van der Waals surface area contributed by atoms with Crippen LogP contribution in [0.15, 0.2) is 12.1 Å². The van der Waals surface area contributed by atoms with Crippen LogP contribution in [-0.2, 0) is 0 Å². The summed E-state index contributed by atoms with van der Waals surface area (Å²) in [5.41, 5.74) is 6.63. The fourth-order valence-corrected chi connectivity index (χ4v) is 2.83. The molecule has 106 valence electrons. The largest absolute Gasteiger partial charge is 0.495 e. The van der Waals surface area contributed by atoms with Gasteiger partial charge < -0.3 is 15.4 Å². The SMILES string of the molecule is COc1cc(N(C)C2CCC(C)CC2)c(F)cc1N. The zero-order chi connectivity index (χ0) is 14.0. The molecular formula is C15H23FN2O. The van der Waals surface area contributed by atoms with Gasteiger partial charge in [0, 0.05) is 25.2 Å². The van der Waals surface area contributed by atoms with Gasteiger partial charge in [-0.05, 0) is 31.6 Å². The first-order valence-corrected chi connectivity index (χ1v) is 6.88. The average molecular weight is 266 g/mol. The van der Waals surface area contributed by atoms with Crippen molar-refractivity contribution in [3.05, 3.63) is 17.9 Å². The molecule has 0 aliphatic heterocycles. The molecule has 0 atom stereocenters. The molecule has 3 nitrogen and oxygen atoms in total. The Kier molecular flexibility index (Phi) is 4.17. The predicted molar refractivity (Wildman–Crippen MR) is 77.2 cm³/mol. The van der Waals surface area contributed by atoms with Gasteiger partial charge in [-0.2, -0.15) is 0 Å². The number of nitrogens with two attached hydrogens (primary N) is 1. The van der Waals surface area contributed by atoms with Crippen molar-refractivity contribution in [2.24, 2.45) is 5.92 Å². The summed E-state index contributed by atoms with van der Waals surface area (Å²) in [4.78, 5) is 2.03. The molecule has 0 amide bonds. The third-order valence-electron chi connectivity index (χ3n) is 4.21. The van der Waals surface area contributed by atoms with Crippen molar-refractivity contribution in [2.45, 2.75) is 38.6 Å². The molecule has 1 aromatic carbocycles. The van der Waals surface area contributed by atoms with Crippen molar-refractivity contribution >= 4 is 11.4 Å². The number of methoxy groups -OCH3 is 1. The van der Waals surface area contributed by atoms with E-state index in [0.29, 0.717) is 23.2 Å². The van der Waals surface area contributed by atoms with Crippen LogP contribution in [0.1, 0.15) is 32.6 Å². The Morgan fingerprint density at radius 3 is 2.47 bits per heavy atom. The van der Waals surface area contributed by atoms with E-state index in [1.165, 1.54) is 18.9 Å². The monoisotopic (exact) mass is 266 g/mol. The number of anilines is 2. The van der Waals surface area contributed by atoms with Crippen LogP contribution in [0.3, 0.4) is 0 Å². The standard InChI is InChI=1S/C15H23FN2O/c1-10-4-6-11(7-5-10)18(2)14-9-15(19-3)13(17)8-12(14)16/h8-11H,4-7,17H2,1-3H3. The van der Waals surface area contributed by atoms with E-state index in [1.54, 1.807) is 13.2 Å². The molecule has 0 bridgehead atoms. The second-order valence-corrected chi connectivity index (χ2v) is 5.57. The normalized spacial score (nSPS) is 23.2. The zero-order valence-corrected chi connectivity index (χ0v) is 11.9. The summed E-state index contributed by atoms with van der Waals surface area (Å²) < 4.78 is 19.2. The Morgan fingerprint density at radius 2 is 1.89 bits per heavy atom. The van der Waals surface area contributed by atoms with Crippen LogP contribution in [0, 0.1) is 11.7 Å². The Balaban J connectivity index is 2.21. The molecule has 0 aromatic heterocycles. The van der Waals surface area contributed by atoms with Gasteiger partial charge in [-0.3, -0.25) is 0 Å². The number of ether oxygens (including phenoxy) is 1. The predicted octanol–water partition coefficient (Wildman–Crippen LogP) is 3.43. The lowest BCUT2D eigenvalue weighted by atomic mass is 9.86. The molecule has 19 heavy (non-hydrogen) atoms. The maximum absolute atomic E-state index is 14.1. The highest BCUT2D eigenvalue weighted by Crippen LogP contribution is 2.34. The Morgan fingerprint density at radius 1 is 1.26 bits per heavy atom. The minimum absolute atomic E-state index is 0.278. The van der Waals surface area contributed by atoms with Crippen LogP contribution in [0.25, 0.3) is 0 Å². The zero-order valence-electron chi connectivity index (χ0n) is 11.9. The minimum Gasteiger partial charge on any atom is -0.495 e. The molecule has 0 radical (unpaired) electrons. The summed E-state index contributed by atoms with van der Waals surface area (Å²) in [5.74, 6) is 1.04. The van der Waals surface area contributed by atoms with E-state index in [4.69, 9.17) is 10.5 Å². The molecule has 1 aromatic rings. The second-order valence-electron chi connectivity index (χ2n) is 5.57. The molecule has 1 aliphatic carbocycles. The van der Waals surface area contributed by atoms with E-state index in [9.17, 15) is 4.39 Å². The number of nitrogens with zero attached hydrogens (tertiary/aromatic N) is 1. The number of halogens is 1. The first-order chi connectivity index (χ1) is 9.02. The highest BCUT2D eigenvalue weighted by molar-refractivity contribution is 5.63. The molecule has 1 fully saturated rings. The van der Waals surface area contributed by atoms with Crippen molar-refractivity contribution in [3.63, 3.8) is 0 Å². The van der Waals surface area contributed by atoms with Crippen molar-refractivity contribution in [2.75, 3.05) is 24.8 Å². The molecule has 0 unspecified atom stereocenters. The number of hydrogen-bond acceptors (Lipinski definition) is 3. The lowest BCUT2D eigenvalue weighted by Crippen LogP contribution is -2.35. The van der Waals surface area contributed by atoms with E-state index in [2.05, 4.69) is 6.92 Å². The van der Waals surface area contributed by atoms with Crippen molar-refractivity contribution in [1.29, 1.82) is 0 Å². The Bertz CT molecular complexity index is 442. The van der Waals surface area contributed by atoms with Gasteiger partial charge in [0.15, 0.2) is 0 Å². The van der Waals surface area contributed by atoms with Gasteiger partial charge in [-0.1, -0.05) is 6.92 Å². The van der Waals surface area contributed by atoms with Gasteiger partial charge in [0.05, 0.1) is 18.5 Å². The third-order valence-corrected chi connectivity index (χ3v) is 4.21. The lowest BCUT2D eigenvalue weighted by molar-refractivity contribution is 0.339. The van der Waals surface area contributed by atoms with E-state index in [0.717, 1.165) is 18.8 Å². The smallest absolute Gasteiger partial charge is 0.148 e. The van der Waals surface area contributed by atoms with E-state index in [-0.39, 0.29) is 5.82 Å². The summed E-state index contributed by atoms with van der Waals surface area (Å²) in [6.07, 6.45) is 4.65. The highest BCUT2D eigenvalue weighted by atomic mass is 19.1. The molecule has 4 heteroatoms. The van der Waals surface area contributed by atoms with Gasteiger partial charge in [-0.15, -0.1) is 0 Å². The van der Waals surface area contributed by atoms with E-state index < -0.39 is 0 Å². The maximum atomic E-state index is 14.1. The topological polar surface area (TPSA) is 38.5 Å². The molecule has 0 heterocycles. The summed E-state index contributed by atoms with van der Waals surface area (Å²) in [5, 5.41) is 0. The van der Waals surface area contributed by atoms with Crippen LogP contribution < -0.4 is 15.4 Å². The Hall–Kier alpha value is -1.45. The lowest BCUT2D eigenvalue weighted by Gasteiger charge is -2.35. The number of benzene rings is 1. The van der Waals surface area contributed by atoms with Crippen molar-refractivity contribution < 1.29 is 9.13 Å². The molecule has 1 saturated carbocycles. The summed E-state index contributed by atoms with van der Waals surface area (Å²) >= 11 is 0. The summed E-state index contributed by atoms with van der Waals surface area (Å²) in [7, 11) is 3.50. The average Bonchev–Trinajstić information content (AvgIpc) is 2.39. The van der Waals surface area contributed by atoms with Gasteiger partial charge in [0.2, 0.25) is 0 Å². The van der Waals surface area contributed by atoms with Crippen molar-refractivity contribution in [1.82, 2.24) is 0 Å².